The highest BCUT2D eigenvalue weighted by Gasteiger charge is 2.33. The summed E-state index contributed by atoms with van der Waals surface area (Å²) in [6.07, 6.45) is 1.31. The largest absolute Gasteiger partial charge is 0.347 e. The summed E-state index contributed by atoms with van der Waals surface area (Å²) >= 11 is 0. The van der Waals surface area contributed by atoms with E-state index in [1.54, 1.807) is 0 Å². The molecule has 1 aromatic carbocycles. The van der Waals surface area contributed by atoms with Crippen LogP contribution in [0.2, 0.25) is 0 Å². The van der Waals surface area contributed by atoms with Crippen molar-refractivity contribution in [3.8, 4) is 0 Å². The van der Waals surface area contributed by atoms with Gasteiger partial charge in [0.1, 0.15) is 0 Å². The minimum atomic E-state index is -0.587. The zero-order chi connectivity index (χ0) is 17.6. The summed E-state index contributed by atoms with van der Waals surface area (Å²) in [5.74, 6) is -0.385. The number of nitrogens with one attached hydrogen (secondary N) is 2. The van der Waals surface area contributed by atoms with Crippen molar-refractivity contribution in [2.24, 2.45) is 11.1 Å². The van der Waals surface area contributed by atoms with E-state index in [-0.39, 0.29) is 37.3 Å². The molecular weight excluding hydrogens is 326 g/mol. The molecule has 2 amide bonds. The molecule has 0 aliphatic heterocycles. The Bertz CT molecular complexity index is 552. The summed E-state index contributed by atoms with van der Waals surface area (Å²) < 4.78 is 0. The standard InChI is InChI=1S/C18H29N3O2.ClH/c1-6-18(7-2,11-19)17(23)20-10-15(22)21-16-13(4)8-12(3)9-14(16)5;/h8-9H,6-7,10-11,19H2,1-5H3,(H,20,23)(H,21,22);1H. The molecule has 136 valence electrons. The predicted octanol–water partition coefficient (Wildman–Crippen LogP) is 2.85. The normalized spacial score (nSPS) is 10.8. The average Bonchev–Trinajstić information content (AvgIpc) is 2.51. The van der Waals surface area contributed by atoms with Crippen molar-refractivity contribution in [3.63, 3.8) is 0 Å². The lowest BCUT2D eigenvalue weighted by Crippen LogP contribution is -2.47. The molecule has 0 bridgehead atoms. The number of anilines is 1. The van der Waals surface area contributed by atoms with E-state index < -0.39 is 5.41 Å². The Hall–Kier alpha value is -1.59. The van der Waals surface area contributed by atoms with Crippen LogP contribution < -0.4 is 16.4 Å². The molecule has 5 nitrogen and oxygen atoms in total. The molecule has 0 spiro atoms. The third-order valence-corrected chi connectivity index (χ3v) is 4.58. The molecule has 24 heavy (non-hydrogen) atoms. The second-order valence-corrected chi connectivity index (χ2v) is 6.20. The first kappa shape index (κ1) is 22.4. The molecule has 0 unspecified atom stereocenters. The van der Waals surface area contributed by atoms with Gasteiger partial charge in [-0.1, -0.05) is 31.5 Å². The van der Waals surface area contributed by atoms with Crippen LogP contribution in [0, 0.1) is 26.2 Å². The fourth-order valence-corrected chi connectivity index (χ4v) is 2.86. The van der Waals surface area contributed by atoms with E-state index in [0.717, 1.165) is 22.4 Å². The Balaban J connectivity index is 0.00000529. The van der Waals surface area contributed by atoms with Gasteiger partial charge in [0.25, 0.3) is 0 Å². The Kier molecular flexibility index (Phi) is 9.01. The van der Waals surface area contributed by atoms with E-state index in [4.69, 9.17) is 5.73 Å². The van der Waals surface area contributed by atoms with Crippen LogP contribution in [0.1, 0.15) is 43.4 Å². The van der Waals surface area contributed by atoms with Crippen LogP contribution in [0.15, 0.2) is 12.1 Å². The Labute approximate surface area is 151 Å². The van der Waals surface area contributed by atoms with Crippen molar-refractivity contribution in [3.05, 3.63) is 28.8 Å². The van der Waals surface area contributed by atoms with Gasteiger partial charge < -0.3 is 16.4 Å². The summed E-state index contributed by atoms with van der Waals surface area (Å²) in [5, 5.41) is 5.60. The molecule has 0 radical (unpaired) electrons. The van der Waals surface area contributed by atoms with Crippen molar-refractivity contribution in [2.45, 2.75) is 47.5 Å². The number of amides is 2. The highest BCUT2D eigenvalue weighted by atomic mass is 35.5. The van der Waals surface area contributed by atoms with Gasteiger partial charge in [-0.05, 0) is 44.7 Å². The van der Waals surface area contributed by atoms with Crippen LogP contribution in [-0.4, -0.2) is 24.9 Å². The van der Waals surface area contributed by atoms with Crippen LogP contribution in [0.5, 0.6) is 0 Å². The monoisotopic (exact) mass is 355 g/mol. The fraction of sp³-hybridized carbons (Fsp3) is 0.556. The van der Waals surface area contributed by atoms with Gasteiger partial charge in [-0.15, -0.1) is 12.4 Å². The molecule has 1 aromatic rings. The van der Waals surface area contributed by atoms with Gasteiger partial charge in [-0.2, -0.15) is 0 Å². The lowest BCUT2D eigenvalue weighted by atomic mass is 9.81. The second kappa shape index (κ2) is 9.64. The SMILES string of the molecule is CCC(CC)(CN)C(=O)NCC(=O)Nc1c(C)cc(C)cc1C.Cl. The topological polar surface area (TPSA) is 84.2 Å². The number of benzene rings is 1. The van der Waals surface area contributed by atoms with Crippen molar-refractivity contribution < 1.29 is 9.59 Å². The first-order valence-corrected chi connectivity index (χ1v) is 8.15. The Morgan fingerprint density at radius 2 is 1.58 bits per heavy atom. The van der Waals surface area contributed by atoms with Crippen molar-refractivity contribution in [1.82, 2.24) is 5.32 Å². The zero-order valence-electron chi connectivity index (χ0n) is 15.3. The third-order valence-electron chi connectivity index (χ3n) is 4.58. The third kappa shape index (κ3) is 5.21. The van der Waals surface area contributed by atoms with Crippen LogP contribution in [0.3, 0.4) is 0 Å². The van der Waals surface area contributed by atoms with E-state index in [1.807, 2.05) is 46.8 Å². The van der Waals surface area contributed by atoms with Gasteiger partial charge in [0.15, 0.2) is 0 Å². The lowest BCUT2D eigenvalue weighted by Gasteiger charge is -2.28. The molecule has 0 saturated heterocycles. The number of carbonyl (C=O) groups is 2. The summed E-state index contributed by atoms with van der Waals surface area (Å²) in [6.45, 7) is 10.1. The second-order valence-electron chi connectivity index (χ2n) is 6.20. The quantitative estimate of drug-likeness (QED) is 0.703. The molecule has 0 heterocycles. The number of hydrogen-bond acceptors (Lipinski definition) is 3. The minimum Gasteiger partial charge on any atom is -0.347 e. The molecule has 4 N–H and O–H groups in total. The van der Waals surface area contributed by atoms with Crippen LogP contribution >= 0.6 is 12.4 Å². The van der Waals surface area contributed by atoms with Gasteiger partial charge in [-0.25, -0.2) is 0 Å². The number of nitrogens with two attached hydrogens (primary N) is 1. The summed E-state index contributed by atoms with van der Waals surface area (Å²) in [7, 11) is 0. The van der Waals surface area contributed by atoms with Crippen LogP contribution in [-0.2, 0) is 9.59 Å². The molecule has 0 aliphatic rings. The minimum absolute atomic E-state index is 0. The molecular formula is C18H30ClN3O2. The fourth-order valence-electron chi connectivity index (χ4n) is 2.86. The van der Waals surface area contributed by atoms with E-state index in [9.17, 15) is 9.59 Å². The number of carbonyl (C=O) groups excluding carboxylic acids is 2. The summed E-state index contributed by atoms with van der Waals surface area (Å²) in [4.78, 5) is 24.5. The lowest BCUT2D eigenvalue weighted by molar-refractivity contribution is -0.132. The maximum absolute atomic E-state index is 12.3. The van der Waals surface area contributed by atoms with Crippen molar-refractivity contribution in [1.29, 1.82) is 0 Å². The summed E-state index contributed by atoms with van der Waals surface area (Å²) in [6, 6.07) is 4.05. The van der Waals surface area contributed by atoms with E-state index >= 15 is 0 Å². The summed E-state index contributed by atoms with van der Waals surface area (Å²) in [5.41, 5.74) is 9.16. The first-order chi connectivity index (χ1) is 10.8. The van der Waals surface area contributed by atoms with Crippen LogP contribution in [0.25, 0.3) is 0 Å². The maximum Gasteiger partial charge on any atom is 0.243 e. The number of halogens is 1. The van der Waals surface area contributed by atoms with Crippen molar-refractivity contribution in [2.75, 3.05) is 18.4 Å². The molecule has 6 heteroatoms. The van der Waals surface area contributed by atoms with Crippen molar-refractivity contribution >= 4 is 29.9 Å². The molecule has 0 fully saturated rings. The van der Waals surface area contributed by atoms with E-state index in [2.05, 4.69) is 10.6 Å². The first-order valence-electron chi connectivity index (χ1n) is 8.15. The van der Waals surface area contributed by atoms with Gasteiger partial charge in [0, 0.05) is 12.2 Å². The molecule has 0 aromatic heterocycles. The molecule has 0 atom stereocenters. The number of rotatable bonds is 7. The Morgan fingerprint density at radius 3 is 2.00 bits per heavy atom. The predicted molar refractivity (Wildman–Crippen MR) is 102 cm³/mol. The van der Waals surface area contributed by atoms with Gasteiger partial charge in [0.2, 0.25) is 11.8 Å². The molecule has 1 rings (SSSR count). The van der Waals surface area contributed by atoms with Gasteiger partial charge >= 0.3 is 0 Å². The zero-order valence-corrected chi connectivity index (χ0v) is 16.1. The highest BCUT2D eigenvalue weighted by Crippen LogP contribution is 2.25. The molecule has 0 saturated carbocycles. The number of aryl methyl sites for hydroxylation is 3. The number of hydrogen-bond donors (Lipinski definition) is 3. The molecule has 0 aliphatic carbocycles. The van der Waals surface area contributed by atoms with Gasteiger partial charge in [0.05, 0.1) is 12.0 Å². The average molecular weight is 356 g/mol. The Morgan fingerprint density at radius 1 is 1.08 bits per heavy atom. The maximum atomic E-state index is 12.3. The van der Waals surface area contributed by atoms with E-state index in [1.165, 1.54) is 0 Å². The smallest absolute Gasteiger partial charge is 0.243 e. The van der Waals surface area contributed by atoms with E-state index in [0.29, 0.717) is 12.8 Å². The highest BCUT2D eigenvalue weighted by molar-refractivity contribution is 5.96. The van der Waals surface area contributed by atoms with Gasteiger partial charge in [-0.3, -0.25) is 9.59 Å². The van der Waals surface area contributed by atoms with Crippen LogP contribution in [0.4, 0.5) is 5.69 Å².